The molecule has 0 atom stereocenters. The Hall–Kier alpha value is 0.163. The molecule has 0 saturated heterocycles. The summed E-state index contributed by atoms with van der Waals surface area (Å²) in [6, 6.07) is 4.15. The molecule has 1 aromatic heterocycles. The summed E-state index contributed by atoms with van der Waals surface area (Å²) in [5.41, 5.74) is 0. The second kappa shape index (κ2) is 5.75. The van der Waals surface area contributed by atoms with E-state index in [1.165, 1.54) is 3.71 Å². The zero-order valence-corrected chi connectivity index (χ0v) is 10.3. The van der Waals surface area contributed by atoms with Crippen LogP contribution in [0.2, 0.25) is 0 Å². The summed E-state index contributed by atoms with van der Waals surface area (Å²) in [6.45, 7) is 5.54. The van der Waals surface area contributed by atoms with E-state index in [2.05, 4.69) is 11.4 Å². The molecule has 0 amide bonds. The average molecular weight is 246 g/mol. The summed E-state index contributed by atoms with van der Waals surface area (Å²) in [5.74, 6) is 0. The van der Waals surface area contributed by atoms with Crippen molar-refractivity contribution in [3.05, 3.63) is 17.5 Å². The van der Waals surface area contributed by atoms with E-state index in [-0.39, 0.29) is 0 Å². The summed E-state index contributed by atoms with van der Waals surface area (Å²) in [5, 5.41) is 2.07. The zero-order chi connectivity index (χ0) is 8.81. The van der Waals surface area contributed by atoms with Crippen LogP contribution in [0.4, 0.5) is 0 Å². The third-order valence-corrected chi connectivity index (χ3v) is 7.07. The van der Waals surface area contributed by atoms with Gasteiger partial charge in [-0.25, -0.2) is 0 Å². The molecule has 0 unspecified atom stereocenters. The maximum atomic E-state index is 5.58. The van der Waals surface area contributed by atoms with E-state index < -0.39 is 15.0 Å². The summed E-state index contributed by atoms with van der Waals surface area (Å²) in [4.78, 5) is 0. The second-order valence-corrected chi connectivity index (χ2v) is 7.39. The van der Waals surface area contributed by atoms with Crippen LogP contribution >= 0.6 is 11.3 Å². The van der Waals surface area contributed by atoms with Gasteiger partial charge < -0.3 is 0 Å². The fourth-order valence-corrected chi connectivity index (χ4v) is 5.40. The van der Waals surface area contributed by atoms with Gasteiger partial charge in [0.25, 0.3) is 0 Å². The van der Waals surface area contributed by atoms with Crippen molar-refractivity contribution < 1.29 is 7.53 Å². The van der Waals surface area contributed by atoms with Gasteiger partial charge in [0.1, 0.15) is 0 Å². The first kappa shape index (κ1) is 10.2. The van der Waals surface area contributed by atoms with E-state index in [0.717, 1.165) is 13.2 Å². The molecular weight excluding hydrogens is 233 g/mol. The minimum absolute atomic E-state index is 0.757. The number of rotatable bonds is 5. The third-order valence-electron chi connectivity index (χ3n) is 1.27. The van der Waals surface area contributed by atoms with Crippen molar-refractivity contribution in [3.8, 4) is 0 Å². The number of hydrogen-bond acceptors (Lipinski definition) is 3. The van der Waals surface area contributed by atoms with Crippen LogP contribution in [0.1, 0.15) is 13.8 Å². The summed E-state index contributed by atoms with van der Waals surface area (Å²) >= 11 is -0.0613. The Morgan fingerprint density at radius 2 is 2.00 bits per heavy atom. The van der Waals surface area contributed by atoms with Gasteiger partial charge >= 0.3 is 82.2 Å². The van der Waals surface area contributed by atoms with Crippen molar-refractivity contribution in [2.75, 3.05) is 13.2 Å². The Bertz CT molecular complexity index is 195. The van der Waals surface area contributed by atoms with Gasteiger partial charge in [0.15, 0.2) is 0 Å². The molecule has 2 nitrogen and oxygen atoms in total. The molecule has 1 rings (SSSR count). The van der Waals surface area contributed by atoms with Gasteiger partial charge in [0.2, 0.25) is 0 Å². The fourth-order valence-electron chi connectivity index (χ4n) is 0.841. The van der Waals surface area contributed by atoms with Crippen molar-refractivity contribution in [2.45, 2.75) is 13.8 Å². The van der Waals surface area contributed by atoms with E-state index in [4.69, 9.17) is 7.53 Å². The van der Waals surface area contributed by atoms with E-state index in [9.17, 15) is 0 Å². The molecule has 1 aromatic rings. The van der Waals surface area contributed by atoms with Crippen LogP contribution < -0.4 is 3.71 Å². The third kappa shape index (κ3) is 2.90. The Labute approximate surface area is 82.3 Å². The van der Waals surface area contributed by atoms with Gasteiger partial charge in [-0.15, -0.1) is 0 Å². The van der Waals surface area contributed by atoms with E-state index in [1.807, 2.05) is 19.9 Å². The number of thiophene rings is 1. The van der Waals surface area contributed by atoms with Crippen LogP contribution in [0.25, 0.3) is 0 Å². The van der Waals surface area contributed by atoms with Crippen LogP contribution in [-0.2, 0) is 7.53 Å². The molecule has 0 spiro atoms. The van der Waals surface area contributed by atoms with Gasteiger partial charge in [-0.05, 0) is 0 Å². The Kier molecular flexibility index (Phi) is 4.91. The van der Waals surface area contributed by atoms with Gasteiger partial charge in [-0.3, -0.25) is 0 Å². The molecule has 1 heterocycles. The molecule has 67 valence electrons. The minimum atomic E-state index is -1.80. The molecule has 0 N–H and O–H groups in total. The average Bonchev–Trinajstić information content (AvgIpc) is 2.56. The number of hydrogen-bond donors (Lipinski definition) is 0. The second-order valence-electron chi connectivity index (χ2n) is 2.13. The molecule has 4 heteroatoms. The van der Waals surface area contributed by atoms with Crippen molar-refractivity contribution in [1.29, 1.82) is 0 Å². The molecule has 0 saturated carbocycles. The standard InChI is InChI=1S/C8H13GeO2S/c1-3-10-9(11-4-2)8-6-5-7-12-8/h5-7H,3-4H2,1-2H3. The normalized spacial score (nSPS) is 10.9. The van der Waals surface area contributed by atoms with Crippen LogP contribution in [0.15, 0.2) is 17.5 Å². The van der Waals surface area contributed by atoms with Gasteiger partial charge in [0, 0.05) is 0 Å². The molecule has 0 fully saturated rings. The quantitative estimate of drug-likeness (QED) is 0.733. The topological polar surface area (TPSA) is 18.5 Å². The first-order valence-electron chi connectivity index (χ1n) is 4.04. The van der Waals surface area contributed by atoms with E-state index >= 15 is 0 Å². The van der Waals surface area contributed by atoms with E-state index in [0.29, 0.717) is 0 Å². The van der Waals surface area contributed by atoms with Crippen LogP contribution in [0, 0.1) is 0 Å². The molecule has 0 aromatic carbocycles. The Morgan fingerprint density at radius 3 is 2.42 bits per heavy atom. The molecular formula is C8H13GeO2S. The molecule has 0 aliphatic rings. The van der Waals surface area contributed by atoms with Gasteiger partial charge in [-0.1, -0.05) is 0 Å². The maximum absolute atomic E-state index is 5.58. The first-order chi connectivity index (χ1) is 5.88. The fraction of sp³-hybridized carbons (Fsp3) is 0.500. The monoisotopic (exact) mass is 247 g/mol. The van der Waals surface area contributed by atoms with Gasteiger partial charge in [-0.2, -0.15) is 0 Å². The van der Waals surface area contributed by atoms with Gasteiger partial charge in [0.05, 0.1) is 0 Å². The predicted octanol–water partition coefficient (Wildman–Crippen LogP) is 1.52. The molecule has 0 aliphatic heterocycles. The van der Waals surface area contributed by atoms with Crippen molar-refractivity contribution in [1.82, 2.24) is 0 Å². The van der Waals surface area contributed by atoms with Crippen molar-refractivity contribution >= 4 is 30.1 Å². The Morgan fingerprint density at radius 1 is 1.33 bits per heavy atom. The zero-order valence-electron chi connectivity index (χ0n) is 7.37. The van der Waals surface area contributed by atoms with Crippen molar-refractivity contribution in [2.24, 2.45) is 0 Å². The van der Waals surface area contributed by atoms with Crippen LogP contribution in [0.3, 0.4) is 0 Å². The molecule has 0 aliphatic carbocycles. The molecule has 12 heavy (non-hydrogen) atoms. The summed E-state index contributed by atoms with van der Waals surface area (Å²) in [6.07, 6.45) is 0. The predicted molar refractivity (Wildman–Crippen MR) is 53.0 cm³/mol. The first-order valence-corrected chi connectivity index (χ1v) is 7.69. The summed E-state index contributed by atoms with van der Waals surface area (Å²) in [7, 11) is 0. The molecule has 1 radical (unpaired) electrons. The Balaban J connectivity index is 2.53. The van der Waals surface area contributed by atoms with Crippen LogP contribution in [-0.4, -0.2) is 28.2 Å². The van der Waals surface area contributed by atoms with Crippen LogP contribution in [0.5, 0.6) is 0 Å². The van der Waals surface area contributed by atoms with Crippen molar-refractivity contribution in [3.63, 3.8) is 0 Å². The summed E-state index contributed by atoms with van der Waals surface area (Å²) < 4.78 is 12.5. The van der Waals surface area contributed by atoms with E-state index in [1.54, 1.807) is 11.3 Å². The SMILES string of the molecule is CC[O][Ge]([O]CC)[c]1cccs1. The molecule has 0 bridgehead atoms.